The van der Waals surface area contributed by atoms with Crippen LogP contribution in [0, 0.1) is 20.8 Å². The molecule has 0 saturated heterocycles. The summed E-state index contributed by atoms with van der Waals surface area (Å²) in [6, 6.07) is 13.1. The molecule has 0 radical (unpaired) electrons. The first-order valence-electron chi connectivity index (χ1n) is 9.04. The Morgan fingerprint density at radius 3 is 2.41 bits per heavy atom. The van der Waals surface area contributed by atoms with Crippen LogP contribution in [-0.2, 0) is 16.6 Å². The Hall–Kier alpha value is -3.13. The number of nitrogens with zero attached hydrogens (tertiary/aromatic N) is 2. The molecule has 0 aliphatic carbocycles. The number of nitrogens with one attached hydrogen (secondary N) is 1. The summed E-state index contributed by atoms with van der Waals surface area (Å²) in [5.74, 6) is 0.434. The molecule has 2 aromatic carbocycles. The number of amides is 1. The van der Waals surface area contributed by atoms with Crippen LogP contribution in [0.15, 0.2) is 57.9 Å². The van der Waals surface area contributed by atoms with E-state index in [9.17, 15) is 13.2 Å². The summed E-state index contributed by atoms with van der Waals surface area (Å²) in [6.07, 6.45) is 0. The number of hydrogen-bond donors (Lipinski definition) is 1. The molecular formula is C21H23N3O4S. The number of carbonyl (C=O) groups is 1. The van der Waals surface area contributed by atoms with E-state index in [2.05, 4.69) is 9.88 Å². The zero-order chi connectivity index (χ0) is 21.2. The molecular weight excluding hydrogens is 390 g/mol. The molecule has 1 N–H and O–H groups in total. The molecule has 29 heavy (non-hydrogen) atoms. The van der Waals surface area contributed by atoms with Crippen LogP contribution < -0.4 is 4.72 Å². The van der Waals surface area contributed by atoms with E-state index in [4.69, 9.17) is 4.52 Å². The Morgan fingerprint density at radius 1 is 1.10 bits per heavy atom. The minimum atomic E-state index is -3.76. The van der Waals surface area contributed by atoms with Gasteiger partial charge in [0.1, 0.15) is 11.5 Å². The molecule has 0 fully saturated rings. The standard InChI is InChI=1S/C21H23N3O4S/c1-14-6-5-7-20(16(14)3)23-29(26,27)19-10-8-17(9-11-19)21(25)24(4)13-18-12-15(2)28-22-18/h5-12,23H,13H2,1-4H3. The van der Waals surface area contributed by atoms with Gasteiger partial charge in [0, 0.05) is 18.7 Å². The van der Waals surface area contributed by atoms with Crippen LogP contribution in [0.5, 0.6) is 0 Å². The minimum absolute atomic E-state index is 0.0877. The van der Waals surface area contributed by atoms with E-state index >= 15 is 0 Å². The second-order valence-electron chi connectivity index (χ2n) is 6.97. The van der Waals surface area contributed by atoms with Crippen LogP contribution in [0.2, 0.25) is 0 Å². The highest BCUT2D eigenvalue weighted by atomic mass is 32.2. The first-order valence-corrected chi connectivity index (χ1v) is 10.5. The summed E-state index contributed by atoms with van der Waals surface area (Å²) < 4.78 is 33.0. The van der Waals surface area contributed by atoms with E-state index in [1.165, 1.54) is 29.2 Å². The normalized spacial score (nSPS) is 11.3. The number of anilines is 1. The molecule has 3 rings (SSSR count). The van der Waals surface area contributed by atoms with Gasteiger partial charge in [-0.15, -0.1) is 0 Å². The topological polar surface area (TPSA) is 92.5 Å². The van der Waals surface area contributed by atoms with Crippen molar-refractivity contribution in [2.75, 3.05) is 11.8 Å². The van der Waals surface area contributed by atoms with Crippen LogP contribution in [0.25, 0.3) is 0 Å². The average molecular weight is 413 g/mol. The second-order valence-corrected chi connectivity index (χ2v) is 8.65. The predicted molar refractivity (Wildman–Crippen MR) is 110 cm³/mol. The number of aromatic nitrogens is 1. The number of sulfonamides is 1. The van der Waals surface area contributed by atoms with Crippen molar-refractivity contribution in [3.8, 4) is 0 Å². The van der Waals surface area contributed by atoms with E-state index in [1.54, 1.807) is 32.2 Å². The highest BCUT2D eigenvalue weighted by Gasteiger charge is 2.18. The molecule has 7 nitrogen and oxygen atoms in total. The summed E-state index contributed by atoms with van der Waals surface area (Å²) in [6.45, 7) is 5.86. The number of benzene rings is 2. The molecule has 0 unspecified atom stereocenters. The number of aryl methyl sites for hydroxylation is 2. The summed E-state index contributed by atoms with van der Waals surface area (Å²) >= 11 is 0. The van der Waals surface area contributed by atoms with Crippen LogP contribution in [0.3, 0.4) is 0 Å². The molecule has 0 spiro atoms. The molecule has 8 heteroatoms. The quantitative estimate of drug-likeness (QED) is 0.666. The van der Waals surface area contributed by atoms with E-state index < -0.39 is 10.0 Å². The fourth-order valence-electron chi connectivity index (χ4n) is 2.87. The fraction of sp³-hybridized carbons (Fsp3) is 0.238. The molecule has 1 amide bonds. The smallest absolute Gasteiger partial charge is 0.261 e. The molecule has 152 valence electrons. The van der Waals surface area contributed by atoms with Gasteiger partial charge in [-0.05, 0) is 62.2 Å². The van der Waals surface area contributed by atoms with Gasteiger partial charge in [0.2, 0.25) is 0 Å². The Labute approximate surface area is 170 Å². The maximum absolute atomic E-state index is 12.7. The highest BCUT2D eigenvalue weighted by Crippen LogP contribution is 2.22. The van der Waals surface area contributed by atoms with Crippen molar-refractivity contribution in [3.05, 3.63) is 76.7 Å². The summed E-state index contributed by atoms with van der Waals surface area (Å²) in [4.78, 5) is 14.2. The molecule has 0 bridgehead atoms. The van der Waals surface area contributed by atoms with E-state index in [1.807, 2.05) is 19.9 Å². The van der Waals surface area contributed by atoms with Gasteiger partial charge >= 0.3 is 0 Å². The fourth-order valence-corrected chi connectivity index (χ4v) is 3.99. The lowest BCUT2D eigenvalue weighted by molar-refractivity contribution is 0.0782. The van der Waals surface area contributed by atoms with Crippen molar-refractivity contribution in [2.24, 2.45) is 0 Å². The molecule has 0 aliphatic rings. The van der Waals surface area contributed by atoms with Gasteiger partial charge in [-0.2, -0.15) is 0 Å². The predicted octanol–water partition coefficient (Wildman–Crippen LogP) is 3.67. The highest BCUT2D eigenvalue weighted by molar-refractivity contribution is 7.92. The Kier molecular flexibility index (Phi) is 5.74. The number of carbonyl (C=O) groups excluding carboxylic acids is 1. The monoisotopic (exact) mass is 413 g/mol. The van der Waals surface area contributed by atoms with Crippen LogP contribution in [0.1, 0.15) is 32.9 Å². The summed E-state index contributed by atoms with van der Waals surface area (Å²) in [5.41, 5.74) is 3.44. The molecule has 1 heterocycles. The molecule has 3 aromatic rings. The van der Waals surface area contributed by atoms with Gasteiger partial charge in [-0.25, -0.2) is 8.42 Å². The molecule has 1 aromatic heterocycles. The van der Waals surface area contributed by atoms with Crippen molar-refractivity contribution in [1.82, 2.24) is 10.1 Å². The van der Waals surface area contributed by atoms with Crippen molar-refractivity contribution < 1.29 is 17.7 Å². The largest absolute Gasteiger partial charge is 0.361 e. The Morgan fingerprint density at radius 2 is 1.79 bits per heavy atom. The van der Waals surface area contributed by atoms with Crippen LogP contribution in [0.4, 0.5) is 5.69 Å². The molecule has 0 atom stereocenters. The first kappa shape index (κ1) is 20.6. The van der Waals surface area contributed by atoms with Crippen LogP contribution >= 0.6 is 0 Å². The molecule has 0 saturated carbocycles. The zero-order valence-corrected chi connectivity index (χ0v) is 17.6. The summed E-state index contributed by atoms with van der Waals surface area (Å²) in [5, 5.41) is 3.87. The lowest BCUT2D eigenvalue weighted by Gasteiger charge is -2.16. The van der Waals surface area contributed by atoms with Crippen LogP contribution in [-0.4, -0.2) is 31.4 Å². The molecule has 0 aliphatic heterocycles. The lowest BCUT2D eigenvalue weighted by Crippen LogP contribution is -2.26. The third-order valence-electron chi connectivity index (χ3n) is 4.68. The number of hydrogen-bond acceptors (Lipinski definition) is 5. The maximum atomic E-state index is 12.7. The van der Waals surface area contributed by atoms with E-state index in [0.29, 0.717) is 29.2 Å². The van der Waals surface area contributed by atoms with Gasteiger partial charge in [0.05, 0.1) is 17.1 Å². The lowest BCUT2D eigenvalue weighted by atomic mass is 10.1. The third-order valence-corrected chi connectivity index (χ3v) is 6.06. The van der Waals surface area contributed by atoms with Crippen molar-refractivity contribution in [2.45, 2.75) is 32.2 Å². The first-order chi connectivity index (χ1) is 13.7. The average Bonchev–Trinajstić information content (AvgIpc) is 3.09. The van der Waals surface area contributed by atoms with Crippen molar-refractivity contribution >= 4 is 21.6 Å². The van der Waals surface area contributed by atoms with Gasteiger partial charge in [-0.3, -0.25) is 9.52 Å². The van der Waals surface area contributed by atoms with Crippen molar-refractivity contribution in [1.29, 1.82) is 0 Å². The van der Waals surface area contributed by atoms with Crippen molar-refractivity contribution in [3.63, 3.8) is 0 Å². The SMILES string of the molecule is Cc1cc(CN(C)C(=O)c2ccc(S(=O)(=O)Nc3cccc(C)c3C)cc2)no1. The second kappa shape index (κ2) is 8.08. The zero-order valence-electron chi connectivity index (χ0n) is 16.8. The number of rotatable bonds is 6. The van der Waals surface area contributed by atoms with Gasteiger partial charge < -0.3 is 9.42 Å². The van der Waals surface area contributed by atoms with Gasteiger partial charge in [0.25, 0.3) is 15.9 Å². The third kappa shape index (κ3) is 4.65. The Bertz CT molecular complexity index is 1130. The summed E-state index contributed by atoms with van der Waals surface area (Å²) in [7, 11) is -2.11. The maximum Gasteiger partial charge on any atom is 0.261 e. The van der Waals surface area contributed by atoms with E-state index in [-0.39, 0.29) is 10.8 Å². The Balaban J connectivity index is 1.74. The van der Waals surface area contributed by atoms with E-state index in [0.717, 1.165) is 11.1 Å². The minimum Gasteiger partial charge on any atom is -0.361 e. The van der Waals surface area contributed by atoms with Gasteiger partial charge in [0.15, 0.2) is 0 Å². The van der Waals surface area contributed by atoms with Gasteiger partial charge in [-0.1, -0.05) is 17.3 Å².